The Balaban J connectivity index is 1.92. The first-order valence-electron chi connectivity index (χ1n) is 10.6. The molecule has 1 aromatic carbocycles. The summed E-state index contributed by atoms with van der Waals surface area (Å²) in [6, 6.07) is 6.83. The van der Waals surface area contributed by atoms with Gasteiger partial charge in [0, 0.05) is 61.6 Å². The summed E-state index contributed by atoms with van der Waals surface area (Å²) in [7, 11) is 4.05. The SMILES string of the molecule is CCC[C@@H](C1N=c2ccc(Br)cc2=CN1CC)N1CCN(C)C[C@@H](COC)C1. The third kappa shape index (κ3) is 5.15. The van der Waals surface area contributed by atoms with E-state index in [1.54, 1.807) is 0 Å². The number of methoxy groups -OCH3 is 1. The van der Waals surface area contributed by atoms with Crippen LogP contribution in [0.25, 0.3) is 6.20 Å². The molecule has 1 saturated heterocycles. The fourth-order valence-electron chi connectivity index (χ4n) is 4.57. The van der Waals surface area contributed by atoms with Crippen LogP contribution in [-0.2, 0) is 4.74 Å². The van der Waals surface area contributed by atoms with E-state index in [-0.39, 0.29) is 6.17 Å². The van der Waals surface area contributed by atoms with Gasteiger partial charge in [0.1, 0.15) is 6.17 Å². The van der Waals surface area contributed by atoms with E-state index < -0.39 is 0 Å². The van der Waals surface area contributed by atoms with E-state index in [2.05, 4.69) is 75.9 Å². The highest BCUT2D eigenvalue weighted by Crippen LogP contribution is 2.22. The molecule has 5 nitrogen and oxygen atoms in total. The summed E-state index contributed by atoms with van der Waals surface area (Å²) in [6.07, 6.45) is 4.80. The molecule has 0 radical (unpaired) electrons. The van der Waals surface area contributed by atoms with Crippen LogP contribution in [0.5, 0.6) is 0 Å². The van der Waals surface area contributed by atoms with Crippen molar-refractivity contribution in [2.75, 3.05) is 53.5 Å². The van der Waals surface area contributed by atoms with E-state index in [1.807, 2.05) is 7.11 Å². The summed E-state index contributed by atoms with van der Waals surface area (Å²) >= 11 is 3.59. The van der Waals surface area contributed by atoms with Crippen molar-refractivity contribution < 1.29 is 4.74 Å². The molecule has 156 valence electrons. The number of likely N-dealkylation sites (N-methyl/N-ethyl adjacent to an activating group) is 2. The molecule has 28 heavy (non-hydrogen) atoms. The third-order valence-corrected chi connectivity index (χ3v) is 6.40. The fourth-order valence-corrected chi connectivity index (χ4v) is 4.95. The van der Waals surface area contributed by atoms with Gasteiger partial charge in [-0.25, -0.2) is 0 Å². The molecule has 0 N–H and O–H groups in total. The number of nitrogens with zero attached hydrogens (tertiary/aromatic N) is 4. The zero-order chi connectivity index (χ0) is 20.1. The van der Waals surface area contributed by atoms with Gasteiger partial charge in [-0.15, -0.1) is 0 Å². The van der Waals surface area contributed by atoms with Crippen molar-refractivity contribution in [3.05, 3.63) is 33.2 Å². The maximum atomic E-state index is 5.52. The zero-order valence-corrected chi connectivity index (χ0v) is 19.4. The summed E-state index contributed by atoms with van der Waals surface area (Å²) in [5, 5.41) is 2.31. The Morgan fingerprint density at radius 2 is 2.07 bits per heavy atom. The summed E-state index contributed by atoms with van der Waals surface area (Å²) in [6.45, 7) is 10.7. The molecule has 3 rings (SSSR count). The minimum atomic E-state index is 0.172. The highest BCUT2D eigenvalue weighted by molar-refractivity contribution is 9.10. The Hall–Kier alpha value is -0.950. The van der Waals surface area contributed by atoms with Crippen LogP contribution < -0.4 is 10.6 Å². The van der Waals surface area contributed by atoms with E-state index >= 15 is 0 Å². The second-order valence-corrected chi connectivity index (χ2v) is 9.06. The molecule has 0 amide bonds. The van der Waals surface area contributed by atoms with Crippen LogP contribution in [0.15, 0.2) is 27.7 Å². The standard InChI is InChI=1S/C22H35BrN4O/c1-5-7-21(27-11-10-25(3)13-17(14-27)16-28-4)22-24-20-9-8-19(23)12-18(20)15-26(22)6-2/h8-9,12,15,17,21-22H,5-7,10-11,13-14,16H2,1-4H3/t17-,21+,22?/m1/s1. The highest BCUT2D eigenvalue weighted by atomic mass is 79.9. The van der Waals surface area contributed by atoms with Crippen molar-refractivity contribution in [3.63, 3.8) is 0 Å². The molecular formula is C22H35BrN4O. The Kier molecular flexibility index (Phi) is 7.92. The highest BCUT2D eigenvalue weighted by Gasteiger charge is 2.33. The molecule has 1 fully saturated rings. The Labute approximate surface area is 178 Å². The molecule has 0 aromatic heterocycles. The molecular weight excluding hydrogens is 416 g/mol. The van der Waals surface area contributed by atoms with Crippen LogP contribution in [0.4, 0.5) is 0 Å². The number of hydrogen-bond donors (Lipinski definition) is 0. The lowest BCUT2D eigenvalue weighted by Crippen LogP contribution is -2.54. The van der Waals surface area contributed by atoms with Crippen LogP contribution in [0.1, 0.15) is 26.7 Å². The summed E-state index contributed by atoms with van der Waals surface area (Å²) in [5.74, 6) is 0.544. The molecule has 6 heteroatoms. The second kappa shape index (κ2) is 10.2. The largest absolute Gasteiger partial charge is 0.384 e. The van der Waals surface area contributed by atoms with Crippen LogP contribution in [0.3, 0.4) is 0 Å². The molecule has 0 spiro atoms. The van der Waals surface area contributed by atoms with Crippen LogP contribution in [-0.4, -0.2) is 80.4 Å². The number of rotatable bonds is 7. The van der Waals surface area contributed by atoms with Gasteiger partial charge in [-0.2, -0.15) is 0 Å². The van der Waals surface area contributed by atoms with Gasteiger partial charge in [0.2, 0.25) is 0 Å². The maximum absolute atomic E-state index is 5.52. The summed E-state index contributed by atoms with van der Waals surface area (Å²) < 4.78 is 6.63. The molecule has 2 aliphatic heterocycles. The van der Waals surface area contributed by atoms with E-state index in [1.165, 1.54) is 11.6 Å². The Bertz CT molecular complexity index is 755. The van der Waals surface area contributed by atoms with Gasteiger partial charge in [-0.3, -0.25) is 9.89 Å². The average Bonchev–Trinajstić information content (AvgIpc) is 2.86. The molecule has 1 unspecified atom stereocenters. The quantitative estimate of drug-likeness (QED) is 0.636. The number of benzene rings is 1. The number of fused-ring (bicyclic) bond motifs is 1. The lowest BCUT2D eigenvalue weighted by Gasteiger charge is -2.41. The van der Waals surface area contributed by atoms with Gasteiger partial charge in [0.05, 0.1) is 18.0 Å². The minimum Gasteiger partial charge on any atom is -0.384 e. The van der Waals surface area contributed by atoms with E-state index in [0.717, 1.165) is 55.6 Å². The van der Waals surface area contributed by atoms with Crippen LogP contribution in [0.2, 0.25) is 0 Å². The number of halogens is 1. The van der Waals surface area contributed by atoms with Crippen LogP contribution >= 0.6 is 15.9 Å². The minimum absolute atomic E-state index is 0.172. The second-order valence-electron chi connectivity index (χ2n) is 8.14. The average molecular weight is 451 g/mol. The van der Waals surface area contributed by atoms with Gasteiger partial charge in [0.15, 0.2) is 0 Å². The molecule has 3 atom stereocenters. The van der Waals surface area contributed by atoms with Gasteiger partial charge in [-0.05, 0) is 38.6 Å². The first kappa shape index (κ1) is 21.8. The van der Waals surface area contributed by atoms with E-state index in [9.17, 15) is 0 Å². The lowest BCUT2D eigenvalue weighted by molar-refractivity contribution is 0.0782. The summed E-state index contributed by atoms with van der Waals surface area (Å²) in [5.41, 5.74) is 0. The van der Waals surface area contributed by atoms with Crippen molar-refractivity contribution in [1.29, 1.82) is 0 Å². The fraction of sp³-hybridized carbons (Fsp3) is 0.682. The monoisotopic (exact) mass is 450 g/mol. The van der Waals surface area contributed by atoms with Gasteiger partial charge >= 0.3 is 0 Å². The number of hydrogen-bond acceptors (Lipinski definition) is 5. The van der Waals surface area contributed by atoms with Crippen LogP contribution in [0, 0.1) is 5.92 Å². The van der Waals surface area contributed by atoms with E-state index in [0.29, 0.717) is 12.0 Å². The first-order valence-corrected chi connectivity index (χ1v) is 11.4. The Morgan fingerprint density at radius 3 is 2.79 bits per heavy atom. The molecule has 2 heterocycles. The van der Waals surface area contributed by atoms with Crippen molar-refractivity contribution in [3.8, 4) is 0 Å². The van der Waals surface area contributed by atoms with Crippen molar-refractivity contribution in [2.45, 2.75) is 38.9 Å². The van der Waals surface area contributed by atoms with E-state index in [4.69, 9.17) is 9.73 Å². The zero-order valence-electron chi connectivity index (χ0n) is 17.8. The van der Waals surface area contributed by atoms with Gasteiger partial charge < -0.3 is 14.5 Å². The predicted molar refractivity (Wildman–Crippen MR) is 119 cm³/mol. The van der Waals surface area contributed by atoms with Gasteiger partial charge in [-0.1, -0.05) is 29.3 Å². The number of ether oxygens (including phenoxy) is 1. The van der Waals surface area contributed by atoms with Crippen molar-refractivity contribution in [2.24, 2.45) is 10.9 Å². The van der Waals surface area contributed by atoms with Gasteiger partial charge in [0.25, 0.3) is 0 Å². The topological polar surface area (TPSA) is 31.3 Å². The van der Waals surface area contributed by atoms with Crippen molar-refractivity contribution >= 4 is 22.1 Å². The normalized spacial score (nSPS) is 24.8. The first-order chi connectivity index (χ1) is 13.5. The maximum Gasteiger partial charge on any atom is 0.137 e. The molecule has 0 saturated carbocycles. The predicted octanol–water partition coefficient (Wildman–Crippen LogP) is 2.15. The molecule has 2 aliphatic rings. The summed E-state index contributed by atoms with van der Waals surface area (Å²) in [4.78, 5) is 12.8. The third-order valence-electron chi connectivity index (χ3n) is 5.90. The molecule has 1 aromatic rings. The smallest absolute Gasteiger partial charge is 0.137 e. The van der Waals surface area contributed by atoms with Crippen molar-refractivity contribution in [1.82, 2.24) is 14.7 Å². The lowest BCUT2D eigenvalue weighted by atomic mass is 10.0. The molecule has 0 bridgehead atoms. The Morgan fingerprint density at radius 1 is 1.25 bits per heavy atom. The molecule has 0 aliphatic carbocycles.